The molecule has 142 valence electrons. The summed E-state index contributed by atoms with van der Waals surface area (Å²) in [6, 6.07) is 9.78. The highest BCUT2D eigenvalue weighted by Gasteiger charge is 2.48. The van der Waals surface area contributed by atoms with Gasteiger partial charge in [-0.15, -0.1) is 0 Å². The summed E-state index contributed by atoms with van der Waals surface area (Å²) >= 11 is 0. The van der Waals surface area contributed by atoms with Crippen molar-refractivity contribution < 1.29 is 28.4 Å². The molecule has 2 aromatic carbocycles. The molecular formula is C21H17NO6. The third-order valence-electron chi connectivity index (χ3n) is 5.59. The Kier molecular flexibility index (Phi) is 3.14. The van der Waals surface area contributed by atoms with Gasteiger partial charge < -0.3 is 28.4 Å². The number of aromatic nitrogens is 1. The van der Waals surface area contributed by atoms with Gasteiger partial charge in [-0.2, -0.15) is 0 Å². The number of ether oxygens (including phenoxy) is 6. The summed E-state index contributed by atoms with van der Waals surface area (Å²) in [6.07, 6.45) is 1.20. The largest absolute Gasteiger partial charge is 0.454 e. The van der Waals surface area contributed by atoms with E-state index in [0.29, 0.717) is 17.2 Å². The number of methoxy groups -OCH3 is 1. The molecular weight excluding hydrogens is 362 g/mol. The van der Waals surface area contributed by atoms with Crippen molar-refractivity contribution in [2.24, 2.45) is 0 Å². The lowest BCUT2D eigenvalue weighted by atomic mass is 9.87. The van der Waals surface area contributed by atoms with Crippen LogP contribution < -0.4 is 18.9 Å². The molecule has 0 spiro atoms. The zero-order chi connectivity index (χ0) is 18.9. The minimum Gasteiger partial charge on any atom is -0.454 e. The molecule has 28 heavy (non-hydrogen) atoms. The van der Waals surface area contributed by atoms with Gasteiger partial charge in [-0.25, -0.2) is 0 Å². The van der Waals surface area contributed by atoms with Crippen LogP contribution in [0.1, 0.15) is 30.0 Å². The van der Waals surface area contributed by atoms with E-state index in [2.05, 4.69) is 0 Å². The third-order valence-corrected chi connectivity index (χ3v) is 5.59. The summed E-state index contributed by atoms with van der Waals surface area (Å²) in [5.41, 5.74) is 1.74. The van der Waals surface area contributed by atoms with Crippen LogP contribution in [0.5, 0.6) is 23.0 Å². The summed E-state index contributed by atoms with van der Waals surface area (Å²) in [4.78, 5) is 4.70. The molecule has 7 nitrogen and oxygen atoms in total. The number of nitrogens with zero attached hydrogens (tertiary/aromatic N) is 1. The van der Waals surface area contributed by atoms with E-state index in [1.807, 2.05) is 37.3 Å². The molecule has 3 aromatic rings. The Balaban J connectivity index is 1.60. The number of benzene rings is 2. The first-order valence-corrected chi connectivity index (χ1v) is 9.01. The fraction of sp³-hybridized carbons (Fsp3) is 0.286. The van der Waals surface area contributed by atoms with Crippen LogP contribution in [0.3, 0.4) is 0 Å². The smallest absolute Gasteiger partial charge is 0.231 e. The number of rotatable bonds is 2. The monoisotopic (exact) mass is 379 g/mol. The van der Waals surface area contributed by atoms with Gasteiger partial charge in [0.15, 0.2) is 29.3 Å². The van der Waals surface area contributed by atoms with Gasteiger partial charge in [0.2, 0.25) is 13.6 Å². The highest BCUT2D eigenvalue weighted by atomic mass is 16.7. The molecule has 0 saturated heterocycles. The van der Waals surface area contributed by atoms with Gasteiger partial charge in [-0.1, -0.05) is 6.07 Å². The molecule has 0 N–H and O–H groups in total. The molecule has 7 heteroatoms. The number of pyridine rings is 1. The topological polar surface area (TPSA) is 68.3 Å². The van der Waals surface area contributed by atoms with Crippen molar-refractivity contribution in [3.8, 4) is 23.0 Å². The highest BCUT2D eigenvalue weighted by molar-refractivity contribution is 5.89. The summed E-state index contributed by atoms with van der Waals surface area (Å²) < 4.78 is 34.4. The second-order valence-electron chi connectivity index (χ2n) is 7.07. The molecule has 0 unspecified atom stereocenters. The maximum atomic E-state index is 6.42. The van der Waals surface area contributed by atoms with Crippen LogP contribution in [0.2, 0.25) is 0 Å². The molecule has 6 rings (SSSR count). The zero-order valence-corrected chi connectivity index (χ0v) is 15.4. The average Bonchev–Trinajstić information content (AvgIpc) is 3.42. The third kappa shape index (κ3) is 1.97. The summed E-state index contributed by atoms with van der Waals surface area (Å²) in [5.74, 6) is 2.81. The van der Waals surface area contributed by atoms with Crippen LogP contribution in [0.25, 0.3) is 10.8 Å². The SMILES string of the molecule is CO[C@@H]1O[C@@](C)(c2nccc3cc4c(cc23)OCO4)c2ccc3c(c21)OCO3. The van der Waals surface area contributed by atoms with Crippen molar-refractivity contribution >= 4 is 10.8 Å². The van der Waals surface area contributed by atoms with Crippen molar-refractivity contribution in [1.82, 2.24) is 4.98 Å². The van der Waals surface area contributed by atoms with Crippen molar-refractivity contribution in [3.05, 3.63) is 53.3 Å². The molecule has 0 fully saturated rings. The minimum atomic E-state index is -0.829. The van der Waals surface area contributed by atoms with E-state index in [1.54, 1.807) is 13.3 Å². The highest BCUT2D eigenvalue weighted by Crippen LogP contribution is 2.55. The first kappa shape index (κ1) is 16.0. The molecule has 0 amide bonds. The Morgan fingerprint density at radius 2 is 1.79 bits per heavy atom. The Labute approximate surface area is 160 Å². The van der Waals surface area contributed by atoms with Gasteiger partial charge in [0.25, 0.3) is 0 Å². The normalized spacial score (nSPS) is 24.0. The quantitative estimate of drug-likeness (QED) is 0.673. The zero-order valence-electron chi connectivity index (χ0n) is 15.4. The van der Waals surface area contributed by atoms with Crippen molar-refractivity contribution in [3.63, 3.8) is 0 Å². The van der Waals surface area contributed by atoms with Gasteiger partial charge in [-0.3, -0.25) is 4.98 Å². The van der Waals surface area contributed by atoms with Crippen LogP contribution in [0, 0.1) is 0 Å². The molecule has 0 radical (unpaired) electrons. The molecule has 3 aliphatic rings. The number of fused-ring (bicyclic) bond motifs is 5. The standard InChI is InChI=1S/C21H17NO6/c1-21(13-3-4-14-18(27-10-24-14)17(13)20(23-2)28-21)19-12-8-16-15(25-9-26-16)7-11(12)5-6-22-19/h3-8,20H,9-10H2,1-2H3/t20-,21-/m1/s1. The van der Waals surface area contributed by atoms with Gasteiger partial charge in [0.05, 0.1) is 11.3 Å². The van der Waals surface area contributed by atoms with E-state index < -0.39 is 11.9 Å². The van der Waals surface area contributed by atoms with Crippen LogP contribution in [-0.4, -0.2) is 25.7 Å². The van der Waals surface area contributed by atoms with Crippen molar-refractivity contribution in [1.29, 1.82) is 0 Å². The van der Waals surface area contributed by atoms with E-state index in [1.165, 1.54) is 0 Å². The minimum absolute atomic E-state index is 0.189. The van der Waals surface area contributed by atoms with Gasteiger partial charge in [-0.05, 0) is 36.6 Å². The van der Waals surface area contributed by atoms with E-state index in [9.17, 15) is 0 Å². The Morgan fingerprint density at radius 3 is 2.64 bits per heavy atom. The van der Waals surface area contributed by atoms with Crippen LogP contribution in [0.15, 0.2) is 36.5 Å². The van der Waals surface area contributed by atoms with Gasteiger partial charge >= 0.3 is 0 Å². The Morgan fingerprint density at radius 1 is 1.00 bits per heavy atom. The summed E-state index contributed by atoms with van der Waals surface area (Å²) in [6.45, 7) is 2.41. The Bertz CT molecular complexity index is 1130. The van der Waals surface area contributed by atoms with E-state index in [-0.39, 0.29) is 13.6 Å². The van der Waals surface area contributed by atoms with Crippen LogP contribution >= 0.6 is 0 Å². The molecule has 0 aliphatic carbocycles. The molecule has 0 saturated carbocycles. The molecule has 3 aliphatic heterocycles. The number of hydrogen-bond acceptors (Lipinski definition) is 7. The molecule has 2 atom stereocenters. The maximum absolute atomic E-state index is 6.42. The van der Waals surface area contributed by atoms with E-state index in [0.717, 1.165) is 33.3 Å². The molecule has 1 aromatic heterocycles. The van der Waals surface area contributed by atoms with E-state index in [4.69, 9.17) is 33.4 Å². The van der Waals surface area contributed by atoms with Gasteiger partial charge in [0.1, 0.15) is 5.60 Å². The second-order valence-corrected chi connectivity index (χ2v) is 7.07. The first-order chi connectivity index (χ1) is 13.7. The predicted molar refractivity (Wildman–Crippen MR) is 97.7 cm³/mol. The van der Waals surface area contributed by atoms with Crippen LogP contribution in [0.4, 0.5) is 0 Å². The lowest BCUT2D eigenvalue weighted by Gasteiger charge is -2.26. The lowest BCUT2D eigenvalue weighted by molar-refractivity contribution is -0.168. The Hall–Kier alpha value is -3.03. The maximum Gasteiger partial charge on any atom is 0.231 e. The first-order valence-electron chi connectivity index (χ1n) is 9.01. The number of hydrogen-bond donors (Lipinski definition) is 0. The average molecular weight is 379 g/mol. The summed E-state index contributed by atoms with van der Waals surface area (Å²) in [7, 11) is 1.62. The summed E-state index contributed by atoms with van der Waals surface area (Å²) in [5, 5.41) is 1.94. The fourth-order valence-electron chi connectivity index (χ4n) is 4.27. The second kappa shape index (κ2) is 5.50. The van der Waals surface area contributed by atoms with Crippen molar-refractivity contribution in [2.75, 3.05) is 20.7 Å². The lowest BCUT2D eigenvalue weighted by Crippen LogP contribution is -2.25. The predicted octanol–water partition coefficient (Wildman–Crippen LogP) is 3.63. The molecule has 0 bridgehead atoms. The van der Waals surface area contributed by atoms with E-state index >= 15 is 0 Å². The molecule has 4 heterocycles. The fourth-order valence-corrected chi connectivity index (χ4v) is 4.27. The van der Waals surface area contributed by atoms with Gasteiger partial charge in [0, 0.05) is 24.3 Å². The van der Waals surface area contributed by atoms with Crippen LogP contribution in [-0.2, 0) is 15.1 Å². The van der Waals surface area contributed by atoms with Crippen molar-refractivity contribution in [2.45, 2.75) is 18.8 Å².